The largest absolute Gasteiger partial charge is 0.330 e. The number of hydrogen-bond donors (Lipinski definition) is 1. The molecule has 0 bridgehead atoms. The Kier molecular flexibility index (Phi) is 4.72. The summed E-state index contributed by atoms with van der Waals surface area (Å²) in [6.45, 7) is 4.99. The maximum atomic E-state index is 13.9. The number of halogens is 1. The minimum absolute atomic E-state index is 0.0784. The maximum Gasteiger partial charge on any atom is 0.127 e. The van der Waals surface area contributed by atoms with Crippen molar-refractivity contribution in [2.24, 2.45) is 11.7 Å². The van der Waals surface area contributed by atoms with Crippen LogP contribution in [0.25, 0.3) is 0 Å². The van der Waals surface area contributed by atoms with Crippen LogP contribution < -0.4 is 5.73 Å². The van der Waals surface area contributed by atoms with Crippen molar-refractivity contribution in [3.63, 3.8) is 0 Å². The topological polar surface area (TPSA) is 29.3 Å². The summed E-state index contributed by atoms with van der Waals surface area (Å²) in [5.41, 5.74) is 6.55. The quantitative estimate of drug-likeness (QED) is 0.890. The SMILES string of the molecule is CCC(c1ccccc1F)N1CCC(CN)CC1. The lowest BCUT2D eigenvalue weighted by molar-refractivity contribution is 0.129. The van der Waals surface area contributed by atoms with Gasteiger partial charge in [0.1, 0.15) is 5.82 Å². The Bertz CT molecular complexity index is 373. The molecule has 0 aromatic heterocycles. The number of nitrogens with zero attached hydrogens (tertiary/aromatic N) is 1. The fourth-order valence-electron chi connectivity index (χ4n) is 2.92. The molecule has 1 unspecified atom stereocenters. The number of hydrogen-bond acceptors (Lipinski definition) is 2. The summed E-state index contributed by atoms with van der Waals surface area (Å²) in [7, 11) is 0. The molecule has 1 heterocycles. The summed E-state index contributed by atoms with van der Waals surface area (Å²) in [5, 5.41) is 0. The molecule has 1 aliphatic heterocycles. The van der Waals surface area contributed by atoms with E-state index in [-0.39, 0.29) is 11.9 Å². The van der Waals surface area contributed by atoms with E-state index < -0.39 is 0 Å². The predicted octanol–water partition coefficient (Wildman–Crippen LogP) is 2.95. The fraction of sp³-hybridized carbons (Fsp3) is 0.600. The molecule has 3 heteroatoms. The van der Waals surface area contributed by atoms with Crippen LogP contribution in [0.1, 0.15) is 37.8 Å². The van der Waals surface area contributed by atoms with Crippen LogP contribution in [0.5, 0.6) is 0 Å². The summed E-state index contributed by atoms with van der Waals surface area (Å²) in [6.07, 6.45) is 3.23. The van der Waals surface area contributed by atoms with Gasteiger partial charge < -0.3 is 5.73 Å². The van der Waals surface area contributed by atoms with E-state index in [1.807, 2.05) is 12.1 Å². The van der Waals surface area contributed by atoms with E-state index in [1.165, 1.54) is 0 Å². The molecular weight excluding hydrogens is 227 g/mol. The molecule has 0 saturated carbocycles. The van der Waals surface area contributed by atoms with E-state index in [2.05, 4.69) is 11.8 Å². The highest BCUT2D eigenvalue weighted by molar-refractivity contribution is 5.21. The van der Waals surface area contributed by atoms with E-state index in [1.54, 1.807) is 12.1 Å². The average Bonchev–Trinajstić information content (AvgIpc) is 2.42. The van der Waals surface area contributed by atoms with Crippen LogP contribution in [0.3, 0.4) is 0 Å². The van der Waals surface area contributed by atoms with Crippen molar-refractivity contribution in [3.8, 4) is 0 Å². The molecule has 1 aromatic rings. The van der Waals surface area contributed by atoms with Gasteiger partial charge in [-0.05, 0) is 50.9 Å². The standard InChI is InChI=1S/C15H23FN2/c1-2-15(13-5-3-4-6-14(13)16)18-9-7-12(11-17)8-10-18/h3-6,12,15H,2,7-11,17H2,1H3. The molecule has 1 aliphatic rings. The molecule has 0 aliphatic carbocycles. The number of rotatable bonds is 4. The molecule has 2 nitrogen and oxygen atoms in total. The van der Waals surface area contributed by atoms with Crippen molar-refractivity contribution in [1.29, 1.82) is 0 Å². The van der Waals surface area contributed by atoms with Crippen molar-refractivity contribution in [1.82, 2.24) is 4.90 Å². The lowest BCUT2D eigenvalue weighted by atomic mass is 9.93. The summed E-state index contributed by atoms with van der Waals surface area (Å²) in [6, 6.07) is 7.37. The van der Waals surface area contributed by atoms with Crippen LogP contribution in [0.4, 0.5) is 4.39 Å². The molecule has 1 aromatic carbocycles. The van der Waals surface area contributed by atoms with Gasteiger partial charge >= 0.3 is 0 Å². The second-order valence-corrected chi connectivity index (χ2v) is 5.16. The lowest BCUT2D eigenvalue weighted by Gasteiger charge is -2.37. The van der Waals surface area contributed by atoms with Crippen LogP contribution >= 0.6 is 0 Å². The van der Waals surface area contributed by atoms with E-state index in [9.17, 15) is 4.39 Å². The van der Waals surface area contributed by atoms with Gasteiger partial charge in [-0.15, -0.1) is 0 Å². The summed E-state index contributed by atoms with van der Waals surface area (Å²) < 4.78 is 13.9. The van der Waals surface area contributed by atoms with Crippen LogP contribution in [0, 0.1) is 11.7 Å². The van der Waals surface area contributed by atoms with Crippen LogP contribution in [0.15, 0.2) is 24.3 Å². The van der Waals surface area contributed by atoms with Gasteiger partial charge in [-0.2, -0.15) is 0 Å². The zero-order valence-corrected chi connectivity index (χ0v) is 11.1. The van der Waals surface area contributed by atoms with Crippen molar-refractivity contribution in [2.75, 3.05) is 19.6 Å². The Morgan fingerprint density at radius 1 is 1.33 bits per heavy atom. The van der Waals surface area contributed by atoms with E-state index in [0.29, 0.717) is 5.92 Å². The van der Waals surface area contributed by atoms with Crippen molar-refractivity contribution in [2.45, 2.75) is 32.2 Å². The number of piperidine rings is 1. The number of benzene rings is 1. The van der Waals surface area contributed by atoms with Crippen molar-refractivity contribution < 1.29 is 4.39 Å². The van der Waals surface area contributed by atoms with Gasteiger partial charge in [0.15, 0.2) is 0 Å². The maximum absolute atomic E-state index is 13.9. The molecule has 0 amide bonds. The highest BCUT2D eigenvalue weighted by Gasteiger charge is 2.25. The molecule has 100 valence electrons. The summed E-state index contributed by atoms with van der Waals surface area (Å²) in [5.74, 6) is 0.574. The molecule has 18 heavy (non-hydrogen) atoms. The van der Waals surface area contributed by atoms with Crippen LogP contribution in [0.2, 0.25) is 0 Å². The van der Waals surface area contributed by atoms with Crippen LogP contribution in [-0.4, -0.2) is 24.5 Å². The van der Waals surface area contributed by atoms with E-state index in [0.717, 1.165) is 44.5 Å². The molecule has 2 N–H and O–H groups in total. The Morgan fingerprint density at radius 3 is 2.56 bits per heavy atom. The highest BCUT2D eigenvalue weighted by Crippen LogP contribution is 2.30. The zero-order valence-electron chi connectivity index (χ0n) is 11.1. The minimum Gasteiger partial charge on any atom is -0.330 e. The van der Waals surface area contributed by atoms with Gasteiger partial charge in [-0.25, -0.2) is 4.39 Å². The minimum atomic E-state index is -0.0784. The molecule has 0 radical (unpaired) electrons. The first-order valence-corrected chi connectivity index (χ1v) is 6.94. The van der Waals surface area contributed by atoms with Gasteiger partial charge in [0.2, 0.25) is 0 Å². The Labute approximate surface area is 109 Å². The number of nitrogens with two attached hydrogens (primary N) is 1. The zero-order chi connectivity index (χ0) is 13.0. The first-order chi connectivity index (χ1) is 8.76. The normalized spacial score (nSPS) is 19.9. The lowest BCUT2D eigenvalue weighted by Crippen LogP contribution is -2.38. The Hall–Kier alpha value is -0.930. The third-order valence-electron chi connectivity index (χ3n) is 4.07. The van der Waals surface area contributed by atoms with E-state index >= 15 is 0 Å². The second-order valence-electron chi connectivity index (χ2n) is 5.16. The van der Waals surface area contributed by atoms with Gasteiger partial charge in [0.05, 0.1) is 0 Å². The average molecular weight is 250 g/mol. The van der Waals surface area contributed by atoms with Gasteiger partial charge in [-0.3, -0.25) is 4.90 Å². The Balaban J connectivity index is 2.08. The van der Waals surface area contributed by atoms with Crippen LogP contribution in [-0.2, 0) is 0 Å². The molecule has 1 atom stereocenters. The first kappa shape index (κ1) is 13.5. The summed E-state index contributed by atoms with van der Waals surface area (Å²) >= 11 is 0. The third kappa shape index (κ3) is 2.90. The predicted molar refractivity (Wildman–Crippen MR) is 72.8 cm³/mol. The molecule has 0 spiro atoms. The monoisotopic (exact) mass is 250 g/mol. The third-order valence-corrected chi connectivity index (χ3v) is 4.07. The first-order valence-electron chi connectivity index (χ1n) is 6.94. The molecule has 2 rings (SSSR count). The fourth-order valence-corrected chi connectivity index (χ4v) is 2.92. The van der Waals surface area contributed by atoms with Gasteiger partial charge in [-0.1, -0.05) is 25.1 Å². The van der Waals surface area contributed by atoms with Gasteiger partial charge in [0, 0.05) is 11.6 Å². The molecule has 1 fully saturated rings. The second kappa shape index (κ2) is 6.30. The number of likely N-dealkylation sites (tertiary alicyclic amines) is 1. The van der Waals surface area contributed by atoms with Crippen molar-refractivity contribution in [3.05, 3.63) is 35.6 Å². The van der Waals surface area contributed by atoms with Gasteiger partial charge in [0.25, 0.3) is 0 Å². The van der Waals surface area contributed by atoms with Crippen molar-refractivity contribution >= 4 is 0 Å². The summed E-state index contributed by atoms with van der Waals surface area (Å²) in [4.78, 5) is 2.41. The highest BCUT2D eigenvalue weighted by atomic mass is 19.1. The molecular formula is C15H23FN2. The Morgan fingerprint density at radius 2 is 2.00 bits per heavy atom. The molecule has 1 saturated heterocycles. The smallest absolute Gasteiger partial charge is 0.127 e. The van der Waals surface area contributed by atoms with E-state index in [4.69, 9.17) is 5.73 Å².